The van der Waals surface area contributed by atoms with Gasteiger partial charge in [-0.2, -0.15) is 0 Å². The van der Waals surface area contributed by atoms with Gasteiger partial charge in [-0.3, -0.25) is 14.9 Å². The number of ether oxygens (including phenoxy) is 1. The molecule has 0 fully saturated rings. The SMILES string of the molecule is COc1ccc(NC(=O)[C@@]2(c3ccccc3)SC(N(C)Cc3ccccc3)=C([N+](=O)[O-])[C@H]2c2ccccc2)cc1. The average molecular weight is 552 g/mol. The standard InChI is InChI=1S/C32H29N3O4S/c1-34(22-23-12-6-3-7-13-23)30-29(35(37)38)28(24-14-8-4-9-15-24)32(40-30,25-16-10-5-11-17-25)31(36)33-26-18-20-27(39-2)21-19-26/h3-21,28H,22H2,1-2H3,(H,33,36)/t28-,32+/m1/s1. The number of allylic oxidation sites excluding steroid dienone is 1. The first-order valence-corrected chi connectivity index (χ1v) is 13.6. The van der Waals surface area contributed by atoms with Crippen LogP contribution in [0.25, 0.3) is 0 Å². The topological polar surface area (TPSA) is 84.7 Å². The van der Waals surface area contributed by atoms with E-state index in [1.807, 2.05) is 103 Å². The van der Waals surface area contributed by atoms with Crippen LogP contribution in [0, 0.1) is 10.1 Å². The van der Waals surface area contributed by atoms with E-state index in [0.717, 1.165) is 5.56 Å². The molecule has 1 aliphatic heterocycles. The van der Waals surface area contributed by atoms with Crippen LogP contribution in [0.4, 0.5) is 5.69 Å². The summed E-state index contributed by atoms with van der Waals surface area (Å²) in [7, 11) is 3.42. The van der Waals surface area contributed by atoms with Gasteiger partial charge < -0.3 is 15.0 Å². The lowest BCUT2D eigenvalue weighted by Gasteiger charge is -2.34. The molecule has 1 heterocycles. The fourth-order valence-electron chi connectivity index (χ4n) is 5.12. The molecule has 0 saturated carbocycles. The lowest BCUT2D eigenvalue weighted by molar-refractivity contribution is -0.431. The summed E-state index contributed by atoms with van der Waals surface area (Å²) in [5.74, 6) is -0.539. The second kappa shape index (κ2) is 11.7. The van der Waals surface area contributed by atoms with Crippen LogP contribution in [0.3, 0.4) is 0 Å². The Labute approximate surface area is 237 Å². The molecular weight excluding hydrogens is 522 g/mol. The first-order chi connectivity index (χ1) is 19.4. The molecule has 0 unspecified atom stereocenters. The number of nitro groups is 1. The van der Waals surface area contributed by atoms with Crippen molar-refractivity contribution < 1.29 is 14.5 Å². The second-order valence-electron chi connectivity index (χ2n) is 9.52. The fraction of sp³-hybridized carbons (Fsp3) is 0.156. The minimum absolute atomic E-state index is 0.00312. The summed E-state index contributed by atoms with van der Waals surface area (Å²) >= 11 is 1.24. The predicted molar refractivity (Wildman–Crippen MR) is 158 cm³/mol. The summed E-state index contributed by atoms with van der Waals surface area (Å²) in [4.78, 5) is 29.0. The van der Waals surface area contributed by atoms with Crippen LogP contribution in [0.15, 0.2) is 126 Å². The molecule has 1 N–H and O–H groups in total. The van der Waals surface area contributed by atoms with Gasteiger partial charge in [-0.25, -0.2) is 0 Å². The Morgan fingerprint density at radius 1 is 0.925 bits per heavy atom. The van der Waals surface area contributed by atoms with Gasteiger partial charge in [0.25, 0.3) is 5.70 Å². The number of hydrogen-bond acceptors (Lipinski definition) is 6. The van der Waals surface area contributed by atoms with Crippen molar-refractivity contribution in [1.82, 2.24) is 4.90 Å². The molecule has 0 radical (unpaired) electrons. The van der Waals surface area contributed by atoms with Gasteiger partial charge >= 0.3 is 0 Å². The van der Waals surface area contributed by atoms with Gasteiger partial charge in [0.05, 0.1) is 12.0 Å². The van der Waals surface area contributed by atoms with Crippen LogP contribution in [-0.4, -0.2) is 29.9 Å². The summed E-state index contributed by atoms with van der Waals surface area (Å²) in [6.45, 7) is 0.451. The molecule has 1 amide bonds. The van der Waals surface area contributed by atoms with Crippen molar-refractivity contribution in [1.29, 1.82) is 0 Å². The minimum Gasteiger partial charge on any atom is -0.497 e. The van der Waals surface area contributed by atoms with Gasteiger partial charge in [0.1, 0.15) is 21.4 Å². The molecule has 0 aromatic heterocycles. The van der Waals surface area contributed by atoms with Crippen LogP contribution in [0.1, 0.15) is 22.6 Å². The number of benzene rings is 4. The highest BCUT2D eigenvalue weighted by Crippen LogP contribution is 2.61. The van der Waals surface area contributed by atoms with E-state index in [1.54, 1.807) is 31.4 Å². The van der Waals surface area contributed by atoms with Crippen molar-refractivity contribution in [3.05, 3.63) is 153 Å². The summed E-state index contributed by atoms with van der Waals surface area (Å²) in [6, 6.07) is 35.4. The van der Waals surface area contributed by atoms with Crippen LogP contribution in [-0.2, 0) is 16.1 Å². The van der Waals surface area contributed by atoms with E-state index in [2.05, 4.69) is 5.32 Å². The molecule has 8 heteroatoms. The monoisotopic (exact) mass is 551 g/mol. The molecule has 0 bridgehead atoms. The molecule has 2 atom stereocenters. The quantitative estimate of drug-likeness (QED) is 0.186. The number of carbonyl (C=O) groups excluding carboxylic acids is 1. The van der Waals surface area contributed by atoms with Crippen molar-refractivity contribution in [3.8, 4) is 5.75 Å². The molecule has 0 aliphatic carbocycles. The Bertz CT molecular complexity index is 1510. The molecule has 40 heavy (non-hydrogen) atoms. The van der Waals surface area contributed by atoms with Crippen molar-refractivity contribution >= 4 is 23.4 Å². The van der Waals surface area contributed by atoms with Gasteiger partial charge in [-0.15, -0.1) is 0 Å². The van der Waals surface area contributed by atoms with E-state index in [0.29, 0.717) is 34.1 Å². The first kappa shape index (κ1) is 27.0. The molecular formula is C32H29N3O4S. The van der Waals surface area contributed by atoms with E-state index in [9.17, 15) is 14.9 Å². The maximum Gasteiger partial charge on any atom is 0.285 e. The zero-order valence-corrected chi connectivity index (χ0v) is 23.0. The third kappa shape index (κ3) is 5.18. The number of methoxy groups -OCH3 is 1. The van der Waals surface area contributed by atoms with Gasteiger partial charge in [-0.1, -0.05) is 103 Å². The van der Waals surface area contributed by atoms with Crippen molar-refractivity contribution in [2.75, 3.05) is 19.5 Å². The number of thioether (sulfide) groups is 1. The normalized spacial score (nSPS) is 18.3. The molecule has 0 saturated heterocycles. The Morgan fingerprint density at radius 2 is 1.50 bits per heavy atom. The van der Waals surface area contributed by atoms with Crippen molar-refractivity contribution in [2.45, 2.75) is 17.2 Å². The summed E-state index contributed by atoms with van der Waals surface area (Å²) in [5.41, 5.74) is 2.96. The molecule has 4 aromatic rings. The Morgan fingerprint density at radius 3 is 2.08 bits per heavy atom. The number of amides is 1. The lowest BCUT2D eigenvalue weighted by Crippen LogP contribution is -2.42. The van der Waals surface area contributed by atoms with Crippen LogP contribution >= 0.6 is 11.8 Å². The van der Waals surface area contributed by atoms with Gasteiger partial charge in [0, 0.05) is 19.3 Å². The molecule has 7 nitrogen and oxygen atoms in total. The number of rotatable bonds is 9. The summed E-state index contributed by atoms with van der Waals surface area (Å²) in [5, 5.41) is 16.4. The van der Waals surface area contributed by atoms with Gasteiger partial charge in [0.15, 0.2) is 0 Å². The van der Waals surface area contributed by atoms with Crippen molar-refractivity contribution in [2.24, 2.45) is 0 Å². The lowest BCUT2D eigenvalue weighted by atomic mass is 9.78. The average Bonchev–Trinajstić information content (AvgIpc) is 3.37. The number of hydrogen-bond donors (Lipinski definition) is 1. The van der Waals surface area contributed by atoms with E-state index in [1.165, 1.54) is 11.8 Å². The largest absolute Gasteiger partial charge is 0.497 e. The highest BCUT2D eigenvalue weighted by molar-refractivity contribution is 8.05. The maximum absolute atomic E-state index is 14.5. The smallest absolute Gasteiger partial charge is 0.285 e. The summed E-state index contributed by atoms with van der Waals surface area (Å²) < 4.78 is 3.91. The zero-order chi connectivity index (χ0) is 28.1. The highest BCUT2D eigenvalue weighted by atomic mass is 32.2. The molecule has 0 spiro atoms. The van der Waals surface area contributed by atoms with E-state index in [4.69, 9.17) is 4.74 Å². The van der Waals surface area contributed by atoms with Crippen molar-refractivity contribution in [3.63, 3.8) is 0 Å². The van der Waals surface area contributed by atoms with Gasteiger partial charge in [-0.05, 0) is 41.0 Å². The number of carbonyl (C=O) groups is 1. The van der Waals surface area contributed by atoms with Gasteiger partial charge in [0.2, 0.25) is 5.91 Å². The molecule has 4 aromatic carbocycles. The molecule has 1 aliphatic rings. The number of nitrogens with zero attached hydrogens (tertiary/aromatic N) is 2. The van der Waals surface area contributed by atoms with Crippen LogP contribution < -0.4 is 10.1 Å². The predicted octanol–water partition coefficient (Wildman–Crippen LogP) is 6.64. The first-order valence-electron chi connectivity index (χ1n) is 12.8. The van der Waals surface area contributed by atoms with Crippen LogP contribution in [0.5, 0.6) is 5.75 Å². The second-order valence-corrected chi connectivity index (χ2v) is 10.8. The zero-order valence-electron chi connectivity index (χ0n) is 22.2. The Hall–Kier alpha value is -4.56. The maximum atomic E-state index is 14.5. The number of anilines is 1. The molecule has 202 valence electrons. The van der Waals surface area contributed by atoms with E-state index >= 15 is 0 Å². The Balaban J connectivity index is 1.68. The van der Waals surface area contributed by atoms with Crippen LogP contribution in [0.2, 0.25) is 0 Å². The Kier molecular flexibility index (Phi) is 7.89. The minimum atomic E-state index is -1.36. The highest BCUT2D eigenvalue weighted by Gasteiger charge is 2.61. The van der Waals surface area contributed by atoms with E-state index in [-0.39, 0.29) is 16.5 Å². The third-order valence-corrected chi connectivity index (χ3v) is 8.68. The third-order valence-electron chi connectivity index (χ3n) is 6.98. The van der Waals surface area contributed by atoms with E-state index < -0.39 is 10.7 Å². The summed E-state index contributed by atoms with van der Waals surface area (Å²) in [6.07, 6.45) is 0. The number of nitrogens with one attached hydrogen (secondary N) is 1. The molecule has 5 rings (SSSR count). The fourth-order valence-corrected chi connectivity index (χ4v) is 6.71.